The molecule has 14 nitrogen and oxygen atoms in total. The Bertz CT molecular complexity index is 1570. The van der Waals surface area contributed by atoms with Gasteiger partial charge in [0.05, 0.1) is 26.4 Å². The predicted molar refractivity (Wildman–Crippen MR) is 184 cm³/mol. The van der Waals surface area contributed by atoms with Crippen LogP contribution >= 0.6 is 0 Å². The molecule has 2 aliphatic rings. The Morgan fingerprint density at radius 3 is 1.58 bits per heavy atom. The molecule has 2 N–H and O–H groups in total. The SMILES string of the molecule is CC(=O)OC[C@H]1O[C@H](O[C@@H]2[C@@H](OCc3ccccc3)[C@@H](O)O[C@H](COCc3ccccc3)[C@H]2OCc2ccccc2)[C@H](O)[C@@H](OC(C)=O)[C@@H]1OC(C)=O. The Hall–Kier alpha value is -4.25. The summed E-state index contributed by atoms with van der Waals surface area (Å²) < 4.78 is 53.6. The van der Waals surface area contributed by atoms with Crippen molar-refractivity contribution < 1.29 is 67.2 Å². The highest BCUT2D eigenvalue weighted by Crippen LogP contribution is 2.34. The van der Waals surface area contributed by atoms with Crippen LogP contribution in [-0.2, 0) is 76.8 Å². The lowest BCUT2D eigenvalue weighted by Crippen LogP contribution is -2.66. The van der Waals surface area contributed by atoms with Crippen LogP contribution in [0.1, 0.15) is 37.5 Å². The van der Waals surface area contributed by atoms with Crippen LogP contribution < -0.4 is 0 Å². The molecule has 0 saturated carbocycles. The molecule has 0 aromatic heterocycles. The number of hydrogen-bond acceptors (Lipinski definition) is 14. The summed E-state index contributed by atoms with van der Waals surface area (Å²) in [4.78, 5) is 36.2. The second-order valence-corrected chi connectivity index (χ2v) is 12.7. The van der Waals surface area contributed by atoms with Crippen molar-refractivity contribution in [3.8, 4) is 0 Å². The van der Waals surface area contributed by atoms with E-state index >= 15 is 0 Å². The maximum Gasteiger partial charge on any atom is 0.303 e. The number of hydrogen-bond donors (Lipinski definition) is 2. The van der Waals surface area contributed by atoms with Gasteiger partial charge in [0.1, 0.15) is 43.2 Å². The largest absolute Gasteiger partial charge is 0.463 e. The molecule has 5 rings (SSSR count). The third-order valence-electron chi connectivity index (χ3n) is 8.53. The van der Waals surface area contributed by atoms with E-state index in [1.54, 1.807) is 0 Å². The minimum atomic E-state index is -1.74. The summed E-state index contributed by atoms with van der Waals surface area (Å²) in [6.45, 7) is 3.35. The Balaban J connectivity index is 1.48. The van der Waals surface area contributed by atoms with Gasteiger partial charge in [0, 0.05) is 20.8 Å². The number of aliphatic hydroxyl groups is 2. The van der Waals surface area contributed by atoms with E-state index in [2.05, 4.69) is 0 Å². The fraction of sp³-hybridized carbons (Fsp3) is 0.462. The van der Waals surface area contributed by atoms with Gasteiger partial charge in [0.25, 0.3) is 0 Å². The molecule has 0 spiro atoms. The highest BCUT2D eigenvalue weighted by molar-refractivity contribution is 5.68. The summed E-state index contributed by atoms with van der Waals surface area (Å²) in [6, 6.07) is 28.1. The molecule has 53 heavy (non-hydrogen) atoms. The molecule has 0 amide bonds. The molecule has 0 radical (unpaired) electrons. The lowest BCUT2D eigenvalue weighted by molar-refractivity contribution is -0.366. The Morgan fingerprint density at radius 1 is 0.566 bits per heavy atom. The van der Waals surface area contributed by atoms with Crippen molar-refractivity contribution in [2.45, 2.75) is 102 Å². The van der Waals surface area contributed by atoms with Gasteiger partial charge < -0.3 is 52.8 Å². The molecule has 3 aromatic rings. The average molecular weight is 739 g/mol. The van der Waals surface area contributed by atoms with E-state index in [-0.39, 0.29) is 26.4 Å². The van der Waals surface area contributed by atoms with Crippen LogP contribution in [0.5, 0.6) is 0 Å². The van der Waals surface area contributed by atoms with E-state index in [4.69, 9.17) is 42.6 Å². The van der Waals surface area contributed by atoms with E-state index in [1.165, 1.54) is 6.92 Å². The molecule has 2 heterocycles. The summed E-state index contributed by atoms with van der Waals surface area (Å²) in [6.07, 6.45) is -13.4. The van der Waals surface area contributed by atoms with E-state index in [1.807, 2.05) is 91.0 Å². The zero-order valence-corrected chi connectivity index (χ0v) is 29.8. The maximum absolute atomic E-state index is 12.2. The van der Waals surface area contributed by atoms with Crippen LogP contribution in [0.2, 0.25) is 0 Å². The lowest BCUT2D eigenvalue weighted by Gasteiger charge is -2.48. The summed E-state index contributed by atoms with van der Waals surface area (Å²) in [5.74, 6) is -2.20. The van der Waals surface area contributed by atoms with Gasteiger partial charge in [0.2, 0.25) is 0 Å². The molecular formula is C39H46O14. The van der Waals surface area contributed by atoms with Crippen LogP contribution in [0.4, 0.5) is 0 Å². The number of carbonyl (C=O) groups is 3. The molecule has 0 unspecified atom stereocenters. The van der Waals surface area contributed by atoms with Crippen LogP contribution in [0.25, 0.3) is 0 Å². The average Bonchev–Trinajstić information content (AvgIpc) is 3.14. The van der Waals surface area contributed by atoms with E-state index in [0.29, 0.717) is 0 Å². The first-order valence-corrected chi connectivity index (χ1v) is 17.3. The van der Waals surface area contributed by atoms with E-state index in [0.717, 1.165) is 30.5 Å². The minimum Gasteiger partial charge on any atom is -0.463 e. The molecular weight excluding hydrogens is 692 g/mol. The van der Waals surface area contributed by atoms with Crippen molar-refractivity contribution in [1.82, 2.24) is 0 Å². The fourth-order valence-electron chi connectivity index (χ4n) is 6.12. The molecule has 3 aromatic carbocycles. The van der Waals surface area contributed by atoms with Crippen LogP contribution in [0.3, 0.4) is 0 Å². The first kappa shape index (κ1) is 39.9. The summed E-state index contributed by atoms with van der Waals surface area (Å²) in [5, 5.41) is 23.1. The summed E-state index contributed by atoms with van der Waals surface area (Å²) in [5.41, 5.74) is 2.54. The highest BCUT2D eigenvalue weighted by atomic mass is 16.7. The third kappa shape index (κ3) is 11.6. The van der Waals surface area contributed by atoms with Gasteiger partial charge in [0.15, 0.2) is 24.8 Å². The number of ether oxygens (including phenoxy) is 9. The second-order valence-electron chi connectivity index (χ2n) is 12.7. The number of esters is 3. The molecule has 10 atom stereocenters. The van der Waals surface area contributed by atoms with Crippen molar-refractivity contribution in [1.29, 1.82) is 0 Å². The zero-order valence-electron chi connectivity index (χ0n) is 29.8. The van der Waals surface area contributed by atoms with Crippen molar-refractivity contribution in [2.75, 3.05) is 13.2 Å². The van der Waals surface area contributed by atoms with Gasteiger partial charge >= 0.3 is 17.9 Å². The van der Waals surface area contributed by atoms with Gasteiger partial charge in [-0.1, -0.05) is 91.0 Å². The lowest BCUT2D eigenvalue weighted by atomic mass is 9.96. The molecule has 2 saturated heterocycles. The van der Waals surface area contributed by atoms with Gasteiger partial charge in [-0.05, 0) is 16.7 Å². The molecule has 0 bridgehead atoms. The first-order chi connectivity index (χ1) is 25.6. The highest BCUT2D eigenvalue weighted by Gasteiger charge is 2.54. The molecule has 286 valence electrons. The van der Waals surface area contributed by atoms with Crippen molar-refractivity contribution in [3.05, 3.63) is 108 Å². The van der Waals surface area contributed by atoms with Crippen molar-refractivity contribution >= 4 is 17.9 Å². The zero-order chi connectivity index (χ0) is 37.7. The summed E-state index contributed by atoms with van der Waals surface area (Å²) >= 11 is 0. The van der Waals surface area contributed by atoms with Crippen LogP contribution in [0, 0.1) is 0 Å². The van der Waals surface area contributed by atoms with Crippen molar-refractivity contribution in [2.24, 2.45) is 0 Å². The molecule has 2 aliphatic heterocycles. The van der Waals surface area contributed by atoms with Gasteiger partial charge in [-0.2, -0.15) is 0 Å². The molecule has 0 aliphatic carbocycles. The predicted octanol–water partition coefficient (Wildman–Crippen LogP) is 2.99. The van der Waals surface area contributed by atoms with Crippen molar-refractivity contribution in [3.63, 3.8) is 0 Å². The Morgan fingerprint density at radius 2 is 1.06 bits per heavy atom. The van der Waals surface area contributed by atoms with Gasteiger partial charge in [-0.3, -0.25) is 14.4 Å². The van der Waals surface area contributed by atoms with E-state index in [9.17, 15) is 24.6 Å². The number of rotatable bonds is 16. The quantitative estimate of drug-likeness (QED) is 0.162. The monoisotopic (exact) mass is 738 g/mol. The van der Waals surface area contributed by atoms with Crippen LogP contribution in [-0.4, -0.2) is 103 Å². The fourth-order valence-corrected chi connectivity index (χ4v) is 6.12. The van der Waals surface area contributed by atoms with Crippen LogP contribution in [0.15, 0.2) is 91.0 Å². The summed E-state index contributed by atoms with van der Waals surface area (Å²) in [7, 11) is 0. The smallest absolute Gasteiger partial charge is 0.303 e. The Kier molecular flexibility index (Phi) is 14.9. The Labute approximate surface area is 307 Å². The minimum absolute atomic E-state index is 0.0373. The van der Waals surface area contributed by atoms with Gasteiger partial charge in [-0.25, -0.2) is 0 Å². The second kappa shape index (κ2) is 19.7. The van der Waals surface area contributed by atoms with Gasteiger partial charge in [-0.15, -0.1) is 0 Å². The standard InChI is InChI=1S/C39H46O14/c1-24(40)46-23-31-34(49-25(2)41)35(50-26(3)42)32(43)39(52-31)53-36-33(47-20-28-15-9-5-10-16-28)30(22-45-19-27-13-7-4-8-14-27)51-38(44)37(36)48-21-29-17-11-6-12-18-29/h4-18,30-39,43-44H,19-23H2,1-3H3/t30-,31-,32-,33-,34-,35-,36+,37-,38+,39-/m1/s1. The maximum atomic E-state index is 12.2. The number of aliphatic hydroxyl groups excluding tert-OH is 2. The normalized spacial score (nSPS) is 28.5. The van der Waals surface area contributed by atoms with E-state index < -0.39 is 85.9 Å². The first-order valence-electron chi connectivity index (χ1n) is 17.3. The third-order valence-corrected chi connectivity index (χ3v) is 8.53. The topological polar surface area (TPSA) is 175 Å². The molecule has 2 fully saturated rings. The number of carbonyl (C=O) groups excluding carboxylic acids is 3. The number of benzene rings is 3. The molecule has 14 heteroatoms.